The van der Waals surface area contributed by atoms with E-state index in [2.05, 4.69) is 0 Å². The average Bonchev–Trinajstić information content (AvgIpc) is 0. The Morgan fingerprint density at radius 1 is 0.714 bits per heavy atom. The number of rotatable bonds is 0. The van der Waals surface area contributed by atoms with Crippen LogP contribution in [0.25, 0.3) is 0 Å². The van der Waals surface area contributed by atoms with E-state index in [0.717, 1.165) is 0 Å². The third-order valence-corrected chi connectivity index (χ3v) is 0. The van der Waals surface area contributed by atoms with Gasteiger partial charge in [0.15, 0.2) is 0 Å². The van der Waals surface area contributed by atoms with Crippen LogP contribution in [-0.2, 0) is 44.1 Å². The summed E-state index contributed by atoms with van der Waals surface area (Å²) in [7, 11) is 0. The van der Waals surface area contributed by atoms with E-state index in [1.165, 1.54) is 0 Å². The summed E-state index contributed by atoms with van der Waals surface area (Å²) in [5.41, 5.74) is 0. The fourth-order valence-electron chi connectivity index (χ4n) is 0. The maximum Gasteiger partial charge on any atom is 3.00 e. The molecule has 41 valence electrons. The molecule has 0 aromatic rings. The molecule has 0 heterocycles. The summed E-state index contributed by atoms with van der Waals surface area (Å²) < 4.78 is 0. The van der Waals surface area contributed by atoms with E-state index in [-0.39, 0.29) is 121 Å². The van der Waals surface area contributed by atoms with Crippen molar-refractivity contribution in [2.75, 3.05) is 0 Å². The van der Waals surface area contributed by atoms with Crippen molar-refractivity contribution in [2.24, 2.45) is 0 Å². The molecule has 0 aliphatic carbocycles. The van der Waals surface area contributed by atoms with E-state index < -0.39 is 0 Å². The second kappa shape index (κ2) is 54.1. The van der Waals surface area contributed by atoms with Gasteiger partial charge in [-0.2, -0.15) is 0 Å². The molecule has 0 N–H and O–H groups in total. The zero-order valence-electron chi connectivity index (χ0n) is 3.09. The van der Waals surface area contributed by atoms with E-state index in [0.29, 0.717) is 0 Å². The first kappa shape index (κ1) is 74.2. The Hall–Kier alpha value is 3.66. The summed E-state index contributed by atoms with van der Waals surface area (Å²) in [5.74, 6) is 0. The third-order valence-electron chi connectivity index (χ3n) is 0. The van der Waals surface area contributed by atoms with Crippen LogP contribution in [0.1, 0.15) is 0 Å². The molecule has 0 amide bonds. The van der Waals surface area contributed by atoms with Crippen molar-refractivity contribution >= 4 is 104 Å². The zero-order valence-corrected chi connectivity index (χ0v) is 13.5. The SMILES string of the molecule is [Al+3].[Cu+2].[In+3].[S-2].[S-2].[Se-2].[Se-2]. The Kier molecular flexibility index (Phi) is 573. The number of hydrogen-bond donors (Lipinski definition) is 0. The summed E-state index contributed by atoms with van der Waals surface area (Å²) in [6.07, 6.45) is 0. The van der Waals surface area contributed by atoms with Crippen LogP contribution >= 0.6 is 0 Å². The topological polar surface area (TPSA) is 0 Å². The molecular weight excluding hydrogens is 427 g/mol. The Balaban J connectivity index is 0. The molecule has 0 aromatic carbocycles. The smallest absolute Gasteiger partial charge is 2.00 e. The molecule has 0 aliphatic heterocycles. The van der Waals surface area contributed by atoms with Gasteiger partial charge in [-0.05, 0) is 0 Å². The second-order valence-corrected chi connectivity index (χ2v) is 0. The van der Waals surface area contributed by atoms with Gasteiger partial charge in [0.1, 0.15) is 0 Å². The van der Waals surface area contributed by atoms with Crippen LogP contribution < -0.4 is 0 Å². The van der Waals surface area contributed by atoms with Crippen molar-refractivity contribution in [1.82, 2.24) is 0 Å². The van der Waals surface area contributed by atoms with Gasteiger partial charge in [-0.3, -0.25) is 0 Å². The first-order valence-electron chi connectivity index (χ1n) is 0. The largest absolute Gasteiger partial charge is 3.00 e. The first-order chi connectivity index (χ1) is 0. The van der Waals surface area contributed by atoms with Crippen LogP contribution in [0, 0.1) is 0 Å². The average molecular weight is 427 g/mol. The Morgan fingerprint density at radius 3 is 0.714 bits per heavy atom. The van der Waals surface area contributed by atoms with Gasteiger partial charge in [0.05, 0.1) is 0 Å². The molecule has 0 bridgehead atoms. The minimum Gasteiger partial charge on any atom is -2.00 e. The molecule has 0 aliphatic rings. The van der Waals surface area contributed by atoms with Crippen molar-refractivity contribution < 1.29 is 17.1 Å². The first-order valence-corrected chi connectivity index (χ1v) is 0. The van der Waals surface area contributed by atoms with Crippen molar-refractivity contribution in [2.45, 2.75) is 0 Å². The van der Waals surface area contributed by atoms with E-state index in [1.807, 2.05) is 0 Å². The van der Waals surface area contributed by atoms with E-state index in [9.17, 15) is 0 Å². The predicted octanol–water partition coefficient (Wildman–Crippen LogP) is -1.53. The molecule has 0 saturated carbocycles. The fraction of sp³-hybridized carbons (Fsp3) is 0. The molecule has 0 unspecified atom stereocenters. The molecule has 0 nitrogen and oxygen atoms in total. The summed E-state index contributed by atoms with van der Waals surface area (Å²) in [4.78, 5) is 0. The maximum absolute atomic E-state index is 0. The molecule has 7 heavy (non-hydrogen) atoms. The molecule has 0 rings (SSSR count). The Labute approximate surface area is 119 Å². The molecular formula is AlCuInS2Se2. The van der Waals surface area contributed by atoms with E-state index >= 15 is 0 Å². The van der Waals surface area contributed by atoms with Crippen LogP contribution in [-0.4, -0.2) is 77.3 Å². The van der Waals surface area contributed by atoms with Crippen LogP contribution in [0.5, 0.6) is 0 Å². The van der Waals surface area contributed by atoms with Gasteiger partial charge < -0.3 is 61.1 Å². The van der Waals surface area contributed by atoms with Crippen LogP contribution in [0.15, 0.2) is 0 Å². The molecule has 0 aromatic heterocycles. The van der Waals surface area contributed by atoms with Crippen LogP contribution in [0.4, 0.5) is 0 Å². The standard InChI is InChI=1S/Al.Cu.In.2S.2Se/q+3;+2;+3;4*-2. The van der Waals surface area contributed by atoms with Gasteiger partial charge in [0.25, 0.3) is 0 Å². The molecule has 0 atom stereocenters. The predicted molar refractivity (Wildman–Crippen MR) is 37.7 cm³/mol. The van der Waals surface area contributed by atoms with Gasteiger partial charge in [-0.25, -0.2) is 0 Å². The molecule has 7 heteroatoms. The van der Waals surface area contributed by atoms with Crippen LogP contribution in [0.2, 0.25) is 0 Å². The van der Waals surface area contributed by atoms with Gasteiger partial charge in [0.2, 0.25) is 0 Å². The minimum atomic E-state index is 0. The molecule has 1 radical (unpaired) electrons. The zero-order chi connectivity index (χ0) is 0. The normalized spacial score (nSPS) is 0. The Morgan fingerprint density at radius 2 is 0.714 bits per heavy atom. The molecule has 0 saturated heterocycles. The van der Waals surface area contributed by atoms with Gasteiger partial charge >= 0.3 is 60.3 Å². The fourth-order valence-corrected chi connectivity index (χ4v) is 0. The van der Waals surface area contributed by atoms with Crippen molar-refractivity contribution in [3.63, 3.8) is 0 Å². The van der Waals surface area contributed by atoms with Crippen molar-refractivity contribution in [3.8, 4) is 0 Å². The van der Waals surface area contributed by atoms with Crippen molar-refractivity contribution in [3.05, 3.63) is 0 Å². The molecule has 0 fully saturated rings. The van der Waals surface area contributed by atoms with Crippen LogP contribution in [0.3, 0.4) is 0 Å². The van der Waals surface area contributed by atoms with Gasteiger partial charge in [-0.1, -0.05) is 0 Å². The monoisotopic (exact) mass is 429 g/mol. The van der Waals surface area contributed by atoms with Gasteiger partial charge in [0, 0.05) is 0 Å². The van der Waals surface area contributed by atoms with Crippen molar-refractivity contribution in [1.29, 1.82) is 0 Å². The maximum atomic E-state index is 0. The third kappa shape index (κ3) is 42.3. The summed E-state index contributed by atoms with van der Waals surface area (Å²) in [6.45, 7) is 0. The summed E-state index contributed by atoms with van der Waals surface area (Å²) >= 11 is 0. The second-order valence-electron chi connectivity index (χ2n) is 0. The van der Waals surface area contributed by atoms with E-state index in [4.69, 9.17) is 0 Å². The van der Waals surface area contributed by atoms with E-state index in [1.54, 1.807) is 0 Å². The summed E-state index contributed by atoms with van der Waals surface area (Å²) in [5, 5.41) is 0. The van der Waals surface area contributed by atoms with Gasteiger partial charge in [-0.15, -0.1) is 0 Å². The number of hydrogen-bond acceptors (Lipinski definition) is 0. The minimum absolute atomic E-state index is 0. The summed E-state index contributed by atoms with van der Waals surface area (Å²) in [6, 6.07) is 0. The quantitative estimate of drug-likeness (QED) is 0.412. The Bertz CT molecular complexity index is 15.7. The molecule has 0 spiro atoms.